The standard InChI is InChI=1S/C12H15FN2/c13-6-7-4-5-9-11(14)8-2-1-3-10(8)15-12(7)9/h7H,1-6H2,(H2,14,15). The molecule has 0 aliphatic heterocycles. The number of pyridine rings is 1. The molecule has 1 atom stereocenters. The molecule has 1 unspecified atom stereocenters. The molecular weight excluding hydrogens is 191 g/mol. The second kappa shape index (κ2) is 3.19. The Labute approximate surface area is 88.7 Å². The molecule has 0 bridgehead atoms. The molecule has 2 nitrogen and oxygen atoms in total. The molecule has 0 saturated carbocycles. The van der Waals surface area contributed by atoms with Gasteiger partial charge in [-0.3, -0.25) is 9.37 Å². The van der Waals surface area contributed by atoms with Gasteiger partial charge >= 0.3 is 0 Å². The third-order valence-corrected chi connectivity index (χ3v) is 3.72. The molecule has 0 amide bonds. The summed E-state index contributed by atoms with van der Waals surface area (Å²) in [6, 6.07) is 0. The van der Waals surface area contributed by atoms with Crippen LogP contribution in [0.15, 0.2) is 0 Å². The van der Waals surface area contributed by atoms with Gasteiger partial charge in [-0.05, 0) is 43.2 Å². The molecule has 0 radical (unpaired) electrons. The van der Waals surface area contributed by atoms with E-state index in [1.807, 2.05) is 0 Å². The minimum Gasteiger partial charge on any atom is -0.398 e. The molecule has 2 aliphatic carbocycles. The second-order valence-corrected chi connectivity index (χ2v) is 4.56. The van der Waals surface area contributed by atoms with E-state index >= 15 is 0 Å². The molecule has 0 spiro atoms. The lowest BCUT2D eigenvalue weighted by molar-refractivity contribution is 0.424. The first-order chi connectivity index (χ1) is 7.31. The monoisotopic (exact) mass is 206 g/mol. The van der Waals surface area contributed by atoms with Crippen LogP contribution in [0.5, 0.6) is 0 Å². The fourth-order valence-corrected chi connectivity index (χ4v) is 2.88. The van der Waals surface area contributed by atoms with Crippen molar-refractivity contribution < 1.29 is 4.39 Å². The number of nitrogens with zero attached hydrogens (tertiary/aromatic N) is 1. The molecular formula is C12H15FN2. The molecule has 1 aromatic rings. The van der Waals surface area contributed by atoms with Crippen LogP contribution >= 0.6 is 0 Å². The highest BCUT2D eigenvalue weighted by Crippen LogP contribution is 2.39. The molecule has 0 aromatic carbocycles. The van der Waals surface area contributed by atoms with Crippen LogP contribution in [0.1, 0.15) is 41.3 Å². The van der Waals surface area contributed by atoms with Gasteiger partial charge in [-0.2, -0.15) is 0 Å². The van der Waals surface area contributed by atoms with Gasteiger partial charge in [-0.1, -0.05) is 0 Å². The SMILES string of the molecule is Nc1c2c(nc3c1CCC3CF)CCC2. The zero-order valence-electron chi connectivity index (χ0n) is 8.72. The smallest absolute Gasteiger partial charge is 0.0978 e. The summed E-state index contributed by atoms with van der Waals surface area (Å²) in [7, 11) is 0. The largest absolute Gasteiger partial charge is 0.398 e. The summed E-state index contributed by atoms with van der Waals surface area (Å²) in [4.78, 5) is 4.63. The fourth-order valence-electron chi connectivity index (χ4n) is 2.88. The Balaban J connectivity index is 2.17. The maximum Gasteiger partial charge on any atom is 0.0978 e. The third-order valence-electron chi connectivity index (χ3n) is 3.72. The number of rotatable bonds is 1. The van der Waals surface area contributed by atoms with Gasteiger partial charge in [0.15, 0.2) is 0 Å². The number of aryl methyl sites for hydroxylation is 1. The van der Waals surface area contributed by atoms with E-state index < -0.39 is 0 Å². The van der Waals surface area contributed by atoms with E-state index in [9.17, 15) is 4.39 Å². The molecule has 80 valence electrons. The van der Waals surface area contributed by atoms with E-state index in [1.54, 1.807) is 0 Å². The van der Waals surface area contributed by atoms with Crippen molar-refractivity contribution >= 4 is 5.69 Å². The maximum absolute atomic E-state index is 12.8. The van der Waals surface area contributed by atoms with Gasteiger partial charge in [0.1, 0.15) is 0 Å². The van der Waals surface area contributed by atoms with Crippen LogP contribution in [0.2, 0.25) is 0 Å². The molecule has 15 heavy (non-hydrogen) atoms. The summed E-state index contributed by atoms with van der Waals surface area (Å²) in [5, 5.41) is 0. The van der Waals surface area contributed by atoms with Crippen molar-refractivity contribution in [3.63, 3.8) is 0 Å². The van der Waals surface area contributed by atoms with Gasteiger partial charge in [-0.15, -0.1) is 0 Å². The van der Waals surface area contributed by atoms with E-state index in [1.165, 1.54) is 5.56 Å². The summed E-state index contributed by atoms with van der Waals surface area (Å²) in [5.74, 6) is 0.00759. The van der Waals surface area contributed by atoms with Crippen molar-refractivity contribution in [3.8, 4) is 0 Å². The molecule has 1 aromatic heterocycles. The molecule has 0 fully saturated rings. The quantitative estimate of drug-likeness (QED) is 0.764. The van der Waals surface area contributed by atoms with Crippen LogP contribution in [0, 0.1) is 0 Å². The number of hydrogen-bond acceptors (Lipinski definition) is 2. The normalized spacial score (nSPS) is 22.9. The van der Waals surface area contributed by atoms with Crippen LogP contribution in [-0.4, -0.2) is 11.7 Å². The lowest BCUT2D eigenvalue weighted by atomic mass is 10.0. The number of anilines is 1. The number of halogens is 1. The minimum atomic E-state index is -0.293. The maximum atomic E-state index is 12.8. The number of alkyl halides is 1. The number of nitrogens with two attached hydrogens (primary N) is 1. The first kappa shape index (κ1) is 9.13. The Morgan fingerprint density at radius 1 is 1.27 bits per heavy atom. The molecule has 2 aliphatic rings. The number of aromatic nitrogens is 1. The predicted octanol–water partition coefficient (Wildman–Crippen LogP) is 2.15. The van der Waals surface area contributed by atoms with Gasteiger partial charge < -0.3 is 5.73 Å². The van der Waals surface area contributed by atoms with Crippen LogP contribution in [0.25, 0.3) is 0 Å². The molecule has 3 rings (SSSR count). The van der Waals surface area contributed by atoms with Crippen molar-refractivity contribution in [2.75, 3.05) is 12.4 Å². The number of fused-ring (bicyclic) bond motifs is 2. The Morgan fingerprint density at radius 3 is 2.93 bits per heavy atom. The molecule has 0 saturated heterocycles. The van der Waals surface area contributed by atoms with Gasteiger partial charge in [0.05, 0.1) is 12.4 Å². The number of nitrogen functional groups attached to an aromatic ring is 1. The molecule has 1 heterocycles. The van der Waals surface area contributed by atoms with E-state index in [0.29, 0.717) is 0 Å². The predicted molar refractivity (Wildman–Crippen MR) is 57.7 cm³/mol. The Kier molecular flexibility index (Phi) is 1.94. The Hall–Kier alpha value is -1.12. The fraction of sp³-hybridized carbons (Fsp3) is 0.583. The number of hydrogen-bond donors (Lipinski definition) is 1. The lowest BCUT2D eigenvalue weighted by Gasteiger charge is -2.11. The summed E-state index contributed by atoms with van der Waals surface area (Å²) in [6.45, 7) is -0.293. The van der Waals surface area contributed by atoms with Crippen molar-refractivity contribution in [2.24, 2.45) is 0 Å². The third kappa shape index (κ3) is 1.18. The average Bonchev–Trinajstić information content (AvgIpc) is 2.83. The minimum absolute atomic E-state index is 0.00759. The van der Waals surface area contributed by atoms with Crippen molar-refractivity contribution in [1.82, 2.24) is 4.98 Å². The van der Waals surface area contributed by atoms with E-state index in [2.05, 4.69) is 4.98 Å². The highest BCUT2D eigenvalue weighted by molar-refractivity contribution is 5.60. The van der Waals surface area contributed by atoms with Crippen molar-refractivity contribution in [2.45, 2.75) is 38.0 Å². The first-order valence-electron chi connectivity index (χ1n) is 5.67. The van der Waals surface area contributed by atoms with E-state index in [-0.39, 0.29) is 12.6 Å². The van der Waals surface area contributed by atoms with Crippen LogP contribution in [0.4, 0.5) is 10.1 Å². The zero-order valence-corrected chi connectivity index (χ0v) is 8.72. The average molecular weight is 206 g/mol. The summed E-state index contributed by atoms with van der Waals surface area (Å²) in [5.41, 5.74) is 11.5. The van der Waals surface area contributed by atoms with Crippen LogP contribution < -0.4 is 5.73 Å². The topological polar surface area (TPSA) is 38.9 Å². The molecule has 2 N–H and O–H groups in total. The van der Waals surface area contributed by atoms with Gasteiger partial charge in [0, 0.05) is 17.3 Å². The first-order valence-corrected chi connectivity index (χ1v) is 5.67. The van der Waals surface area contributed by atoms with Gasteiger partial charge in [0.2, 0.25) is 0 Å². The van der Waals surface area contributed by atoms with Crippen LogP contribution in [-0.2, 0) is 19.3 Å². The van der Waals surface area contributed by atoms with Crippen LogP contribution in [0.3, 0.4) is 0 Å². The second-order valence-electron chi connectivity index (χ2n) is 4.56. The molecule has 3 heteroatoms. The summed E-state index contributed by atoms with van der Waals surface area (Å²) in [6.07, 6.45) is 5.02. The summed E-state index contributed by atoms with van der Waals surface area (Å²) < 4.78 is 12.8. The van der Waals surface area contributed by atoms with Gasteiger partial charge in [-0.25, -0.2) is 0 Å². The Morgan fingerprint density at radius 2 is 2.13 bits per heavy atom. The van der Waals surface area contributed by atoms with E-state index in [4.69, 9.17) is 5.73 Å². The summed E-state index contributed by atoms with van der Waals surface area (Å²) >= 11 is 0. The van der Waals surface area contributed by atoms with Crippen molar-refractivity contribution in [3.05, 3.63) is 22.5 Å². The van der Waals surface area contributed by atoms with Crippen molar-refractivity contribution in [1.29, 1.82) is 0 Å². The zero-order chi connectivity index (χ0) is 10.4. The van der Waals surface area contributed by atoms with E-state index in [0.717, 1.165) is 54.7 Å². The lowest BCUT2D eigenvalue weighted by Crippen LogP contribution is -2.06. The highest BCUT2D eigenvalue weighted by Gasteiger charge is 2.29. The highest BCUT2D eigenvalue weighted by atomic mass is 19.1. The Bertz CT molecular complexity index is 415. The van der Waals surface area contributed by atoms with Gasteiger partial charge in [0.25, 0.3) is 0 Å².